The van der Waals surface area contributed by atoms with Crippen LogP contribution < -0.4 is 16.0 Å². The van der Waals surface area contributed by atoms with Crippen molar-refractivity contribution in [1.82, 2.24) is 5.32 Å². The Morgan fingerprint density at radius 1 is 1.58 bits per heavy atom. The van der Waals surface area contributed by atoms with Gasteiger partial charge in [-0.3, -0.25) is 14.9 Å². The van der Waals surface area contributed by atoms with Crippen LogP contribution in [0.25, 0.3) is 0 Å². The molecule has 1 heterocycles. The maximum atomic E-state index is 11.8. The highest BCUT2D eigenvalue weighted by molar-refractivity contribution is 5.88. The molecule has 1 aromatic carbocycles. The van der Waals surface area contributed by atoms with Gasteiger partial charge in [0.1, 0.15) is 17.4 Å². The molecule has 1 amide bonds. The Morgan fingerprint density at radius 2 is 2.32 bits per heavy atom. The Labute approximate surface area is 110 Å². The Kier molecular flexibility index (Phi) is 3.55. The number of nitrogens with one attached hydrogen (secondary N) is 1. The molecular formula is C12H16N4O3. The summed E-state index contributed by atoms with van der Waals surface area (Å²) in [7, 11) is 0. The molecular weight excluding hydrogens is 248 g/mol. The first-order valence-corrected chi connectivity index (χ1v) is 6.13. The van der Waals surface area contributed by atoms with Crippen LogP contribution in [0.1, 0.15) is 13.3 Å². The number of nitrogens with two attached hydrogens (primary N) is 1. The van der Waals surface area contributed by atoms with Crippen molar-refractivity contribution in [2.24, 2.45) is 0 Å². The minimum Gasteiger partial charge on any atom is -0.393 e. The molecule has 0 saturated carbocycles. The predicted molar refractivity (Wildman–Crippen MR) is 71.9 cm³/mol. The normalized spacial score (nSPS) is 19.1. The van der Waals surface area contributed by atoms with Gasteiger partial charge in [0.05, 0.1) is 4.92 Å². The van der Waals surface area contributed by atoms with Gasteiger partial charge >= 0.3 is 5.69 Å². The first-order valence-electron chi connectivity index (χ1n) is 6.13. The average Bonchev–Trinajstić information content (AvgIpc) is 2.37. The Morgan fingerprint density at radius 3 is 2.95 bits per heavy atom. The molecule has 1 fully saturated rings. The van der Waals surface area contributed by atoms with Crippen molar-refractivity contribution in [3.63, 3.8) is 0 Å². The summed E-state index contributed by atoms with van der Waals surface area (Å²) in [5.41, 5.74) is 6.08. The highest BCUT2D eigenvalue weighted by Crippen LogP contribution is 2.35. The monoisotopic (exact) mass is 264 g/mol. The van der Waals surface area contributed by atoms with Crippen molar-refractivity contribution in [2.75, 3.05) is 23.7 Å². The smallest absolute Gasteiger partial charge is 0.315 e. The SMILES string of the molecule is CCC1C(=O)NCCN1c1cccc(N)c1[N+](=O)[O-]. The molecule has 0 spiro atoms. The van der Waals surface area contributed by atoms with Gasteiger partial charge in [-0.15, -0.1) is 0 Å². The number of hydrogen-bond donors (Lipinski definition) is 2. The number of para-hydroxylation sites is 1. The molecule has 0 bridgehead atoms. The first kappa shape index (κ1) is 13.1. The number of nitrogens with zero attached hydrogens (tertiary/aromatic N) is 2. The number of nitro groups is 1. The molecule has 0 aromatic heterocycles. The van der Waals surface area contributed by atoms with Gasteiger partial charge < -0.3 is 16.0 Å². The number of rotatable bonds is 3. The van der Waals surface area contributed by atoms with Crippen LogP contribution in [0.5, 0.6) is 0 Å². The quantitative estimate of drug-likeness (QED) is 0.479. The van der Waals surface area contributed by atoms with E-state index in [9.17, 15) is 14.9 Å². The van der Waals surface area contributed by atoms with E-state index >= 15 is 0 Å². The fourth-order valence-corrected chi connectivity index (χ4v) is 2.39. The number of anilines is 2. The lowest BCUT2D eigenvalue weighted by Crippen LogP contribution is -2.55. The molecule has 7 heteroatoms. The second kappa shape index (κ2) is 5.13. The third-order valence-electron chi connectivity index (χ3n) is 3.26. The lowest BCUT2D eigenvalue weighted by Gasteiger charge is -2.35. The van der Waals surface area contributed by atoms with Crippen molar-refractivity contribution in [1.29, 1.82) is 0 Å². The second-order valence-corrected chi connectivity index (χ2v) is 4.38. The molecule has 1 atom stereocenters. The maximum absolute atomic E-state index is 11.8. The van der Waals surface area contributed by atoms with E-state index in [1.54, 1.807) is 17.0 Å². The zero-order valence-corrected chi connectivity index (χ0v) is 10.6. The summed E-state index contributed by atoms with van der Waals surface area (Å²) in [6.45, 7) is 2.89. The van der Waals surface area contributed by atoms with Crippen LogP contribution in [-0.2, 0) is 4.79 Å². The minimum absolute atomic E-state index is 0.106. The van der Waals surface area contributed by atoms with Crippen LogP contribution in [0.15, 0.2) is 18.2 Å². The fraction of sp³-hybridized carbons (Fsp3) is 0.417. The Hall–Kier alpha value is -2.31. The predicted octanol–water partition coefficient (Wildman–Crippen LogP) is 0.892. The third-order valence-corrected chi connectivity index (χ3v) is 3.26. The van der Waals surface area contributed by atoms with E-state index in [2.05, 4.69) is 5.32 Å². The lowest BCUT2D eigenvalue weighted by atomic mass is 10.1. The van der Waals surface area contributed by atoms with E-state index in [1.807, 2.05) is 6.92 Å². The summed E-state index contributed by atoms with van der Waals surface area (Å²) in [6, 6.07) is 4.40. The number of benzene rings is 1. The van der Waals surface area contributed by atoms with Gasteiger partial charge in [-0.2, -0.15) is 0 Å². The molecule has 19 heavy (non-hydrogen) atoms. The zero-order valence-electron chi connectivity index (χ0n) is 10.6. The molecule has 1 aliphatic heterocycles. The van der Waals surface area contributed by atoms with E-state index in [0.29, 0.717) is 25.2 Å². The van der Waals surface area contributed by atoms with E-state index in [-0.39, 0.29) is 17.3 Å². The summed E-state index contributed by atoms with van der Waals surface area (Å²) < 4.78 is 0. The van der Waals surface area contributed by atoms with Crippen LogP contribution in [0.2, 0.25) is 0 Å². The van der Waals surface area contributed by atoms with Gasteiger partial charge in [-0.25, -0.2) is 0 Å². The van der Waals surface area contributed by atoms with Gasteiger partial charge in [0.15, 0.2) is 0 Å². The van der Waals surface area contributed by atoms with Crippen LogP contribution in [0.4, 0.5) is 17.1 Å². The van der Waals surface area contributed by atoms with E-state index in [0.717, 1.165) is 0 Å². The summed E-state index contributed by atoms with van der Waals surface area (Å²) in [4.78, 5) is 24.2. The van der Waals surface area contributed by atoms with Crippen LogP contribution in [0.3, 0.4) is 0 Å². The number of hydrogen-bond acceptors (Lipinski definition) is 5. The van der Waals surface area contributed by atoms with Crippen molar-refractivity contribution in [3.05, 3.63) is 28.3 Å². The minimum atomic E-state index is -0.496. The van der Waals surface area contributed by atoms with Gasteiger partial charge in [-0.05, 0) is 18.6 Å². The average molecular weight is 264 g/mol. The van der Waals surface area contributed by atoms with E-state index < -0.39 is 11.0 Å². The summed E-state index contributed by atoms with van der Waals surface area (Å²) in [6.07, 6.45) is 0.581. The van der Waals surface area contributed by atoms with E-state index in [4.69, 9.17) is 5.73 Å². The fourth-order valence-electron chi connectivity index (χ4n) is 2.39. The lowest BCUT2D eigenvalue weighted by molar-refractivity contribution is -0.383. The number of amides is 1. The number of carbonyl (C=O) groups excluding carboxylic acids is 1. The van der Waals surface area contributed by atoms with Crippen molar-refractivity contribution < 1.29 is 9.72 Å². The molecule has 0 radical (unpaired) electrons. The van der Waals surface area contributed by atoms with E-state index in [1.165, 1.54) is 6.07 Å². The highest BCUT2D eigenvalue weighted by atomic mass is 16.6. The Balaban J connectivity index is 2.48. The number of carbonyl (C=O) groups is 1. The van der Waals surface area contributed by atoms with Gasteiger partial charge in [0.25, 0.3) is 0 Å². The van der Waals surface area contributed by atoms with Gasteiger partial charge in [0.2, 0.25) is 5.91 Å². The van der Waals surface area contributed by atoms with Crippen molar-refractivity contribution in [2.45, 2.75) is 19.4 Å². The highest BCUT2D eigenvalue weighted by Gasteiger charge is 2.32. The van der Waals surface area contributed by atoms with Crippen LogP contribution in [0, 0.1) is 10.1 Å². The molecule has 102 valence electrons. The molecule has 1 saturated heterocycles. The Bertz CT molecular complexity index is 518. The zero-order chi connectivity index (χ0) is 14.0. The molecule has 7 nitrogen and oxygen atoms in total. The first-order chi connectivity index (χ1) is 9.06. The molecule has 1 unspecified atom stereocenters. The standard InChI is InChI=1S/C12H16N4O3/c1-2-9-12(17)14-6-7-15(9)10-5-3-4-8(13)11(10)16(18)19/h3-5,9H,2,6-7,13H2,1H3,(H,14,17). The van der Waals surface area contributed by atoms with Crippen LogP contribution >= 0.6 is 0 Å². The molecule has 0 aliphatic carbocycles. The number of nitro benzene ring substituents is 1. The van der Waals surface area contributed by atoms with Gasteiger partial charge in [0, 0.05) is 13.1 Å². The topological polar surface area (TPSA) is 102 Å². The third kappa shape index (κ3) is 2.31. The van der Waals surface area contributed by atoms with Crippen molar-refractivity contribution in [3.8, 4) is 0 Å². The summed E-state index contributed by atoms with van der Waals surface area (Å²) >= 11 is 0. The van der Waals surface area contributed by atoms with Crippen LogP contribution in [-0.4, -0.2) is 30.0 Å². The number of piperazine rings is 1. The van der Waals surface area contributed by atoms with Crippen molar-refractivity contribution >= 4 is 23.0 Å². The molecule has 1 aromatic rings. The van der Waals surface area contributed by atoms with Gasteiger partial charge in [-0.1, -0.05) is 13.0 Å². The molecule has 2 rings (SSSR count). The largest absolute Gasteiger partial charge is 0.393 e. The summed E-state index contributed by atoms with van der Waals surface area (Å²) in [5, 5.41) is 13.9. The molecule has 1 aliphatic rings. The number of nitrogen functional groups attached to an aromatic ring is 1. The molecule has 3 N–H and O–H groups in total. The summed E-state index contributed by atoms with van der Waals surface area (Å²) in [5.74, 6) is -0.106. The maximum Gasteiger partial charge on any atom is 0.315 e. The second-order valence-electron chi connectivity index (χ2n) is 4.38.